The van der Waals surface area contributed by atoms with Crippen LogP contribution in [0, 0.1) is 5.82 Å². The number of benzene rings is 2. The van der Waals surface area contributed by atoms with Crippen molar-refractivity contribution >= 4 is 39.2 Å². The van der Waals surface area contributed by atoms with E-state index in [0.717, 1.165) is 18.2 Å². The Bertz CT molecular complexity index is 887. The fourth-order valence-electron chi connectivity index (χ4n) is 1.96. The molecule has 2 aromatic rings. The first kappa shape index (κ1) is 18.7. The highest BCUT2D eigenvalue weighted by molar-refractivity contribution is 7.89. The Labute approximate surface area is 148 Å². The van der Waals surface area contributed by atoms with Gasteiger partial charge in [0.15, 0.2) is 0 Å². The van der Waals surface area contributed by atoms with Gasteiger partial charge in [0.05, 0.1) is 5.56 Å². The van der Waals surface area contributed by atoms with E-state index in [1.54, 1.807) is 12.1 Å². The lowest BCUT2D eigenvalue weighted by Crippen LogP contribution is -2.27. The number of sulfonamides is 1. The summed E-state index contributed by atoms with van der Waals surface area (Å²) in [5.74, 6) is -2.38. The minimum Gasteiger partial charge on any atom is -0.478 e. The summed E-state index contributed by atoms with van der Waals surface area (Å²) in [4.78, 5) is 10.2. The zero-order valence-corrected chi connectivity index (χ0v) is 14.4. The van der Waals surface area contributed by atoms with Crippen molar-refractivity contribution in [3.63, 3.8) is 0 Å². The van der Waals surface area contributed by atoms with Crippen molar-refractivity contribution in [1.29, 1.82) is 0 Å². The molecule has 0 saturated heterocycles. The molecule has 0 aromatic heterocycles. The predicted molar refractivity (Wildman–Crippen MR) is 88.7 cm³/mol. The van der Waals surface area contributed by atoms with Gasteiger partial charge in [0.25, 0.3) is 0 Å². The summed E-state index contributed by atoms with van der Waals surface area (Å²) in [6, 6.07) is 7.37. The third kappa shape index (κ3) is 4.45. The number of aromatic carboxylic acids is 1. The van der Waals surface area contributed by atoms with Crippen molar-refractivity contribution in [3.05, 3.63) is 63.4 Å². The van der Waals surface area contributed by atoms with Gasteiger partial charge in [0, 0.05) is 16.6 Å². The van der Waals surface area contributed by atoms with Crippen LogP contribution in [0.25, 0.3) is 0 Å². The van der Waals surface area contributed by atoms with Crippen LogP contribution < -0.4 is 4.72 Å². The lowest BCUT2D eigenvalue weighted by molar-refractivity contribution is 0.0696. The number of carboxylic acid groups (broad SMARTS) is 1. The highest BCUT2D eigenvalue weighted by atomic mass is 35.5. The molecule has 0 unspecified atom stereocenters. The van der Waals surface area contributed by atoms with Gasteiger partial charge in [0.1, 0.15) is 10.7 Å². The van der Waals surface area contributed by atoms with Gasteiger partial charge in [-0.25, -0.2) is 22.3 Å². The zero-order valence-electron chi connectivity index (χ0n) is 12.1. The van der Waals surface area contributed by atoms with Crippen LogP contribution in [0.15, 0.2) is 41.3 Å². The topological polar surface area (TPSA) is 83.5 Å². The van der Waals surface area contributed by atoms with E-state index >= 15 is 0 Å². The van der Waals surface area contributed by atoms with E-state index in [9.17, 15) is 17.6 Å². The molecule has 2 rings (SSSR count). The maximum atomic E-state index is 13.7. The molecule has 128 valence electrons. The Morgan fingerprint density at radius 1 is 1.17 bits per heavy atom. The van der Waals surface area contributed by atoms with Gasteiger partial charge < -0.3 is 5.11 Å². The van der Waals surface area contributed by atoms with Crippen LogP contribution in [0.2, 0.25) is 10.0 Å². The van der Waals surface area contributed by atoms with E-state index in [2.05, 4.69) is 4.72 Å². The Balaban J connectivity index is 2.14. The van der Waals surface area contributed by atoms with Gasteiger partial charge in [-0.3, -0.25) is 0 Å². The number of hydrogen-bond donors (Lipinski definition) is 2. The van der Waals surface area contributed by atoms with Gasteiger partial charge in [-0.15, -0.1) is 0 Å². The fraction of sp³-hybridized carbons (Fsp3) is 0.133. The summed E-state index contributed by atoms with van der Waals surface area (Å²) in [5, 5.41) is 9.73. The number of carboxylic acids is 1. The Morgan fingerprint density at radius 3 is 2.50 bits per heavy atom. The van der Waals surface area contributed by atoms with Crippen LogP contribution in [0.5, 0.6) is 0 Å². The Kier molecular flexibility index (Phi) is 5.82. The smallest absolute Gasteiger partial charge is 0.335 e. The molecule has 0 spiro atoms. The first-order valence-corrected chi connectivity index (χ1v) is 8.91. The molecule has 0 heterocycles. The quantitative estimate of drug-likeness (QED) is 0.790. The highest BCUT2D eigenvalue weighted by Crippen LogP contribution is 2.21. The number of nitrogens with one attached hydrogen (secondary N) is 1. The number of carbonyl (C=O) groups is 1. The molecule has 0 aliphatic heterocycles. The first-order chi connectivity index (χ1) is 11.2. The molecule has 2 N–H and O–H groups in total. The second-order valence-corrected chi connectivity index (χ2v) is 7.41. The van der Waals surface area contributed by atoms with E-state index in [1.807, 2.05) is 0 Å². The lowest BCUT2D eigenvalue weighted by Gasteiger charge is -2.09. The van der Waals surface area contributed by atoms with E-state index in [0.29, 0.717) is 15.6 Å². The number of rotatable bonds is 6. The molecule has 24 heavy (non-hydrogen) atoms. The predicted octanol–water partition coefficient (Wildman–Crippen LogP) is 3.35. The zero-order chi connectivity index (χ0) is 17.9. The SMILES string of the molecule is O=C(O)c1ccc(F)c(S(=O)(=O)NCCc2ccc(Cl)cc2Cl)c1. The van der Waals surface area contributed by atoms with Crippen LogP contribution in [0.4, 0.5) is 4.39 Å². The molecule has 2 aromatic carbocycles. The summed E-state index contributed by atoms with van der Waals surface area (Å²) in [7, 11) is -4.20. The fourth-order valence-corrected chi connectivity index (χ4v) is 3.60. The summed E-state index contributed by atoms with van der Waals surface area (Å²) >= 11 is 11.8. The van der Waals surface area contributed by atoms with Gasteiger partial charge >= 0.3 is 5.97 Å². The molecule has 0 fully saturated rings. The second-order valence-electron chi connectivity index (χ2n) is 4.83. The van der Waals surface area contributed by atoms with Crippen LogP contribution in [-0.4, -0.2) is 26.0 Å². The van der Waals surface area contributed by atoms with Crippen molar-refractivity contribution < 1.29 is 22.7 Å². The Hall–Kier alpha value is -1.67. The van der Waals surface area contributed by atoms with E-state index in [1.165, 1.54) is 6.07 Å². The average molecular weight is 392 g/mol. The van der Waals surface area contributed by atoms with E-state index in [-0.39, 0.29) is 18.5 Å². The summed E-state index contributed by atoms with van der Waals surface area (Å²) in [6.07, 6.45) is 0.259. The molecule has 0 atom stereocenters. The van der Waals surface area contributed by atoms with Gasteiger partial charge in [-0.2, -0.15) is 0 Å². The molecule has 0 aliphatic rings. The minimum absolute atomic E-state index is 0.0412. The molecular formula is C15H12Cl2FNO4S. The molecule has 0 radical (unpaired) electrons. The monoisotopic (exact) mass is 391 g/mol. The van der Waals surface area contributed by atoms with E-state index in [4.69, 9.17) is 28.3 Å². The lowest BCUT2D eigenvalue weighted by atomic mass is 10.1. The molecule has 9 heteroatoms. The van der Waals surface area contributed by atoms with Crippen molar-refractivity contribution in [2.75, 3.05) is 6.54 Å². The number of halogens is 3. The molecule has 0 saturated carbocycles. The van der Waals surface area contributed by atoms with Crippen LogP contribution >= 0.6 is 23.2 Å². The van der Waals surface area contributed by atoms with Gasteiger partial charge in [-0.1, -0.05) is 29.3 Å². The van der Waals surface area contributed by atoms with E-state index < -0.39 is 26.7 Å². The summed E-state index contributed by atoms with van der Waals surface area (Å²) < 4.78 is 40.3. The third-order valence-corrected chi connectivity index (χ3v) is 5.23. The summed E-state index contributed by atoms with van der Waals surface area (Å²) in [5.41, 5.74) is 0.348. The molecule has 0 aliphatic carbocycles. The van der Waals surface area contributed by atoms with Crippen LogP contribution in [-0.2, 0) is 16.4 Å². The summed E-state index contributed by atoms with van der Waals surface area (Å²) in [6.45, 7) is -0.0412. The highest BCUT2D eigenvalue weighted by Gasteiger charge is 2.20. The molecular weight excluding hydrogens is 380 g/mol. The first-order valence-electron chi connectivity index (χ1n) is 6.67. The van der Waals surface area contributed by atoms with Gasteiger partial charge in [-0.05, 0) is 42.3 Å². The van der Waals surface area contributed by atoms with Gasteiger partial charge in [0.2, 0.25) is 10.0 Å². The molecule has 0 bridgehead atoms. The normalized spacial score (nSPS) is 11.5. The van der Waals surface area contributed by atoms with Crippen molar-refractivity contribution in [2.24, 2.45) is 0 Å². The standard InChI is InChI=1S/C15H12Cl2FNO4S/c16-11-3-1-9(12(17)8-11)5-6-19-24(22,23)14-7-10(15(20)21)2-4-13(14)18/h1-4,7-8,19H,5-6H2,(H,20,21). The largest absolute Gasteiger partial charge is 0.478 e. The maximum Gasteiger partial charge on any atom is 0.335 e. The number of hydrogen-bond acceptors (Lipinski definition) is 3. The van der Waals surface area contributed by atoms with Crippen molar-refractivity contribution in [1.82, 2.24) is 4.72 Å². The van der Waals surface area contributed by atoms with Crippen molar-refractivity contribution in [2.45, 2.75) is 11.3 Å². The average Bonchev–Trinajstić information content (AvgIpc) is 2.49. The minimum atomic E-state index is -4.20. The van der Waals surface area contributed by atoms with Crippen molar-refractivity contribution in [3.8, 4) is 0 Å². The third-order valence-electron chi connectivity index (χ3n) is 3.17. The Morgan fingerprint density at radius 2 is 1.88 bits per heavy atom. The van der Waals surface area contributed by atoms with Crippen LogP contribution in [0.1, 0.15) is 15.9 Å². The second kappa shape index (κ2) is 7.48. The van der Waals surface area contributed by atoms with Crippen LogP contribution in [0.3, 0.4) is 0 Å². The molecule has 5 nitrogen and oxygen atoms in total. The molecule has 0 amide bonds. The maximum absolute atomic E-state index is 13.7.